The van der Waals surface area contributed by atoms with Crippen molar-refractivity contribution in [3.05, 3.63) is 59.2 Å². The van der Waals surface area contributed by atoms with Crippen LogP contribution in [0.5, 0.6) is 5.75 Å². The monoisotopic (exact) mass is 460 g/mol. The Labute approximate surface area is 194 Å². The van der Waals surface area contributed by atoms with E-state index in [0.29, 0.717) is 34.7 Å². The van der Waals surface area contributed by atoms with Gasteiger partial charge in [-0.25, -0.2) is 4.39 Å². The van der Waals surface area contributed by atoms with Crippen LogP contribution in [0.25, 0.3) is 0 Å². The lowest BCUT2D eigenvalue weighted by Gasteiger charge is -2.45. The Kier molecular flexibility index (Phi) is 7.53. The number of ether oxygens (including phenoxy) is 2. The van der Waals surface area contributed by atoms with E-state index in [4.69, 9.17) is 9.47 Å². The maximum Gasteiger partial charge on any atom is 0.256 e. The molecule has 2 aromatic rings. The maximum absolute atomic E-state index is 14.7. The van der Waals surface area contributed by atoms with Crippen LogP contribution in [-0.4, -0.2) is 57.5 Å². The number of rotatable bonds is 7. The number of amides is 1. The molecule has 0 bridgehead atoms. The van der Waals surface area contributed by atoms with Crippen LogP contribution in [0.15, 0.2) is 47.4 Å². The lowest BCUT2D eigenvalue weighted by Crippen LogP contribution is -2.59. The van der Waals surface area contributed by atoms with Crippen molar-refractivity contribution in [3.8, 4) is 5.75 Å². The van der Waals surface area contributed by atoms with Crippen LogP contribution in [0.2, 0.25) is 0 Å². The molecule has 2 aromatic carbocycles. The van der Waals surface area contributed by atoms with Gasteiger partial charge < -0.3 is 19.7 Å². The first-order chi connectivity index (χ1) is 15.1. The van der Waals surface area contributed by atoms with Gasteiger partial charge >= 0.3 is 0 Å². The number of methoxy groups -OCH3 is 2. The zero-order chi connectivity index (χ0) is 23.5. The number of carbonyl (C=O) groups is 1. The molecule has 0 radical (unpaired) electrons. The zero-order valence-electron chi connectivity index (χ0n) is 19.7. The van der Waals surface area contributed by atoms with Crippen molar-refractivity contribution >= 4 is 17.7 Å². The van der Waals surface area contributed by atoms with Crippen molar-refractivity contribution in [2.24, 2.45) is 0 Å². The number of carbonyl (C=O) groups excluding carboxylic acids is 1. The number of halogens is 1. The fraction of sp³-hybridized carbons (Fsp3) is 0.480. The Bertz CT molecular complexity index is 923. The second kappa shape index (κ2) is 9.81. The average molecular weight is 461 g/mol. The predicted octanol–water partition coefficient (Wildman–Crippen LogP) is 4.60. The molecule has 1 aliphatic rings. The van der Waals surface area contributed by atoms with Crippen molar-refractivity contribution in [1.29, 1.82) is 0 Å². The Morgan fingerprint density at radius 3 is 2.50 bits per heavy atom. The minimum absolute atomic E-state index is 0.0223. The maximum atomic E-state index is 14.7. The third-order valence-corrected chi connectivity index (χ3v) is 6.82. The standard InChI is InChI=1S/C25H33FN2O3S/c1-24(2,26)18-12-20(31-5)22(21(13-18)32-6)23(29)27-25(17-10-8-7-9-11-17)14-19(30-4)15-28(3)16-25/h7-13,19H,14-16H2,1-6H3,(H,27,29)/t19-,25-/m1/s1. The molecule has 0 aliphatic carbocycles. The van der Waals surface area contributed by atoms with E-state index in [2.05, 4.69) is 10.2 Å². The third kappa shape index (κ3) is 5.11. The fourth-order valence-corrected chi connectivity index (χ4v) is 5.08. The van der Waals surface area contributed by atoms with Gasteiger partial charge in [-0.3, -0.25) is 4.79 Å². The van der Waals surface area contributed by atoms with Crippen LogP contribution >= 0.6 is 11.8 Å². The number of hydrogen-bond donors (Lipinski definition) is 1. The lowest BCUT2D eigenvalue weighted by molar-refractivity contribution is -0.00465. The number of likely N-dealkylation sites (N-methyl/N-ethyl adjacent to an activating group) is 1. The van der Waals surface area contributed by atoms with E-state index in [1.54, 1.807) is 19.2 Å². The minimum Gasteiger partial charge on any atom is -0.496 e. The van der Waals surface area contributed by atoms with Gasteiger partial charge in [0.2, 0.25) is 0 Å². The molecule has 1 N–H and O–H groups in total. The highest BCUT2D eigenvalue weighted by molar-refractivity contribution is 7.98. The van der Waals surface area contributed by atoms with Gasteiger partial charge in [-0.15, -0.1) is 11.8 Å². The summed E-state index contributed by atoms with van der Waals surface area (Å²) in [6.07, 6.45) is 2.50. The topological polar surface area (TPSA) is 50.8 Å². The van der Waals surface area contributed by atoms with Crippen LogP contribution < -0.4 is 10.1 Å². The fourth-order valence-electron chi connectivity index (χ4n) is 4.44. The molecule has 0 unspecified atom stereocenters. The van der Waals surface area contributed by atoms with Gasteiger partial charge in [0.1, 0.15) is 11.4 Å². The summed E-state index contributed by atoms with van der Waals surface area (Å²) in [5.41, 5.74) is -0.260. The van der Waals surface area contributed by atoms with Crippen LogP contribution in [0.1, 0.15) is 41.8 Å². The Balaban J connectivity index is 2.07. The number of benzene rings is 2. The molecule has 174 valence electrons. The molecule has 3 rings (SSSR count). The van der Waals surface area contributed by atoms with Crippen molar-refractivity contribution in [2.75, 3.05) is 40.6 Å². The van der Waals surface area contributed by atoms with E-state index in [-0.39, 0.29) is 12.0 Å². The first-order valence-corrected chi connectivity index (χ1v) is 11.9. The molecule has 1 aliphatic heterocycles. The number of nitrogens with zero attached hydrogens (tertiary/aromatic N) is 1. The largest absolute Gasteiger partial charge is 0.496 e. The molecule has 1 heterocycles. The van der Waals surface area contributed by atoms with E-state index in [1.165, 1.54) is 32.7 Å². The summed E-state index contributed by atoms with van der Waals surface area (Å²) < 4.78 is 25.9. The van der Waals surface area contributed by atoms with Gasteiger partial charge in [-0.2, -0.15) is 0 Å². The van der Waals surface area contributed by atoms with Crippen molar-refractivity contribution in [2.45, 2.75) is 42.5 Å². The number of hydrogen-bond acceptors (Lipinski definition) is 5. The van der Waals surface area contributed by atoms with Gasteiger partial charge in [0.05, 0.1) is 24.3 Å². The van der Waals surface area contributed by atoms with E-state index >= 15 is 0 Å². The molecule has 1 saturated heterocycles. The number of likely N-dealkylation sites (tertiary alicyclic amines) is 1. The van der Waals surface area contributed by atoms with Gasteiger partial charge in [-0.1, -0.05) is 30.3 Å². The molecule has 0 aromatic heterocycles. The summed E-state index contributed by atoms with van der Waals surface area (Å²) in [5.74, 6) is 0.120. The molecule has 2 atom stereocenters. The first kappa shape index (κ1) is 24.6. The molecule has 1 fully saturated rings. The number of thioether (sulfide) groups is 1. The minimum atomic E-state index is -1.55. The van der Waals surface area contributed by atoms with Crippen molar-refractivity contribution in [3.63, 3.8) is 0 Å². The molecule has 0 spiro atoms. The summed E-state index contributed by atoms with van der Waals surface area (Å²) in [6, 6.07) is 13.3. The molecule has 5 nitrogen and oxygen atoms in total. The van der Waals surface area contributed by atoms with Gasteiger partial charge in [-0.05, 0) is 50.4 Å². The average Bonchev–Trinajstić information content (AvgIpc) is 2.77. The van der Waals surface area contributed by atoms with Crippen LogP contribution in [0.4, 0.5) is 4.39 Å². The first-order valence-electron chi connectivity index (χ1n) is 10.7. The summed E-state index contributed by atoms with van der Waals surface area (Å²) in [7, 11) is 5.24. The van der Waals surface area contributed by atoms with Gasteiger partial charge in [0, 0.05) is 31.5 Å². The quantitative estimate of drug-likeness (QED) is 0.612. The third-order valence-electron chi connectivity index (χ3n) is 6.06. The van der Waals surface area contributed by atoms with Gasteiger partial charge in [0.15, 0.2) is 0 Å². The predicted molar refractivity (Wildman–Crippen MR) is 127 cm³/mol. The molecular formula is C25H33FN2O3S. The van der Waals surface area contributed by atoms with E-state index in [9.17, 15) is 9.18 Å². The van der Waals surface area contributed by atoms with E-state index in [1.807, 2.05) is 43.6 Å². The molecule has 1 amide bonds. The number of piperidine rings is 1. The second-order valence-corrected chi connectivity index (χ2v) is 9.74. The normalized spacial score (nSPS) is 21.9. The molecular weight excluding hydrogens is 427 g/mol. The molecule has 7 heteroatoms. The Hall–Kier alpha value is -2.09. The van der Waals surface area contributed by atoms with E-state index in [0.717, 1.165) is 12.1 Å². The number of alkyl halides is 1. The van der Waals surface area contributed by atoms with Crippen molar-refractivity contribution < 1.29 is 18.7 Å². The summed E-state index contributed by atoms with van der Waals surface area (Å²) >= 11 is 1.40. The van der Waals surface area contributed by atoms with Crippen molar-refractivity contribution in [1.82, 2.24) is 10.2 Å². The highest BCUT2D eigenvalue weighted by Gasteiger charge is 2.42. The van der Waals surface area contributed by atoms with Crippen LogP contribution in [0, 0.1) is 0 Å². The summed E-state index contributed by atoms with van der Waals surface area (Å²) in [4.78, 5) is 16.6. The smallest absolute Gasteiger partial charge is 0.256 e. The molecule has 32 heavy (non-hydrogen) atoms. The van der Waals surface area contributed by atoms with Crippen LogP contribution in [0.3, 0.4) is 0 Å². The Morgan fingerprint density at radius 2 is 1.94 bits per heavy atom. The SMILES string of the molecule is COc1cc(C(C)(C)F)cc(SC)c1C(=O)N[C@]1(c2ccccc2)C[C@@H](OC)CN(C)C1. The summed E-state index contributed by atoms with van der Waals surface area (Å²) in [5, 5.41) is 3.32. The van der Waals surface area contributed by atoms with E-state index < -0.39 is 11.2 Å². The zero-order valence-corrected chi connectivity index (χ0v) is 20.5. The highest BCUT2D eigenvalue weighted by atomic mass is 32.2. The van der Waals surface area contributed by atoms with Gasteiger partial charge in [0.25, 0.3) is 5.91 Å². The van der Waals surface area contributed by atoms with Crippen LogP contribution in [-0.2, 0) is 15.9 Å². The molecule has 0 saturated carbocycles. The summed E-state index contributed by atoms with van der Waals surface area (Å²) in [6.45, 7) is 4.44. The lowest BCUT2D eigenvalue weighted by atomic mass is 9.80. The second-order valence-electron chi connectivity index (χ2n) is 8.89. The number of nitrogens with one attached hydrogen (secondary N) is 1. The Morgan fingerprint density at radius 1 is 1.25 bits per heavy atom. The highest BCUT2D eigenvalue weighted by Crippen LogP contribution is 2.38.